The van der Waals surface area contributed by atoms with Crippen LogP contribution in [-0.2, 0) is 11.3 Å². The van der Waals surface area contributed by atoms with Crippen LogP contribution in [0.1, 0.15) is 24.4 Å². The van der Waals surface area contributed by atoms with E-state index in [-0.39, 0.29) is 11.7 Å². The SMILES string of the molecule is C=CCn1c(SCC(=O)Nc2ccc(C)c(Cl)c2)nnc1C(C)Oc1ccccc1OC. The van der Waals surface area contributed by atoms with E-state index in [0.717, 1.165) is 5.56 Å². The molecule has 1 aromatic heterocycles. The number of amides is 1. The fourth-order valence-corrected chi connectivity index (χ4v) is 3.90. The Bertz CT molecular complexity index is 1100. The van der Waals surface area contributed by atoms with Crippen LogP contribution in [0.15, 0.2) is 60.3 Å². The average molecular weight is 473 g/mol. The number of halogens is 1. The van der Waals surface area contributed by atoms with E-state index in [0.29, 0.717) is 39.7 Å². The van der Waals surface area contributed by atoms with Crippen LogP contribution in [0.25, 0.3) is 0 Å². The Morgan fingerprint density at radius 2 is 2.03 bits per heavy atom. The quantitative estimate of drug-likeness (QED) is 0.318. The Morgan fingerprint density at radius 1 is 1.28 bits per heavy atom. The standard InChI is InChI=1S/C23H25ClN4O3S/c1-5-12-28-22(16(3)31-20-9-7-6-8-19(20)30-4)26-27-23(28)32-14-21(29)25-17-11-10-15(2)18(24)13-17/h5-11,13,16H,1,12,14H2,2-4H3,(H,25,29). The third-order valence-corrected chi connectivity index (χ3v) is 5.96. The number of methoxy groups -OCH3 is 1. The number of hydrogen-bond donors (Lipinski definition) is 1. The summed E-state index contributed by atoms with van der Waals surface area (Å²) in [6.45, 7) is 8.10. The second-order valence-electron chi connectivity index (χ2n) is 6.95. The molecule has 168 valence electrons. The van der Waals surface area contributed by atoms with Gasteiger partial charge in [-0.2, -0.15) is 0 Å². The number of hydrogen-bond acceptors (Lipinski definition) is 6. The smallest absolute Gasteiger partial charge is 0.234 e. The molecular weight excluding hydrogens is 448 g/mol. The number of carbonyl (C=O) groups excluding carboxylic acids is 1. The van der Waals surface area contributed by atoms with Gasteiger partial charge in [-0.1, -0.05) is 47.6 Å². The average Bonchev–Trinajstić information content (AvgIpc) is 3.18. The molecule has 1 unspecified atom stereocenters. The maximum atomic E-state index is 12.4. The number of aryl methyl sites for hydroxylation is 1. The van der Waals surface area contributed by atoms with Gasteiger partial charge in [-0.25, -0.2) is 0 Å². The summed E-state index contributed by atoms with van der Waals surface area (Å²) >= 11 is 7.42. The first-order valence-electron chi connectivity index (χ1n) is 9.95. The number of nitrogens with zero attached hydrogens (tertiary/aromatic N) is 3. The summed E-state index contributed by atoms with van der Waals surface area (Å²) in [5.41, 5.74) is 1.60. The fraction of sp³-hybridized carbons (Fsp3) is 0.261. The van der Waals surface area contributed by atoms with Crippen molar-refractivity contribution in [1.29, 1.82) is 0 Å². The highest BCUT2D eigenvalue weighted by molar-refractivity contribution is 7.99. The largest absolute Gasteiger partial charge is 0.493 e. The van der Waals surface area contributed by atoms with Gasteiger partial charge in [-0.05, 0) is 43.7 Å². The number of aromatic nitrogens is 3. The summed E-state index contributed by atoms with van der Waals surface area (Å²) < 4.78 is 13.3. The lowest BCUT2D eigenvalue weighted by molar-refractivity contribution is -0.113. The lowest BCUT2D eigenvalue weighted by atomic mass is 10.2. The van der Waals surface area contributed by atoms with Crippen molar-refractivity contribution >= 4 is 35.0 Å². The molecule has 0 aliphatic rings. The fourth-order valence-electron chi connectivity index (χ4n) is 2.97. The van der Waals surface area contributed by atoms with Crippen LogP contribution in [0.4, 0.5) is 5.69 Å². The zero-order valence-corrected chi connectivity index (χ0v) is 19.7. The van der Waals surface area contributed by atoms with Crippen molar-refractivity contribution in [2.45, 2.75) is 31.7 Å². The van der Waals surface area contributed by atoms with Gasteiger partial charge < -0.3 is 14.8 Å². The van der Waals surface area contributed by atoms with Crippen LogP contribution in [0.3, 0.4) is 0 Å². The Morgan fingerprint density at radius 3 is 2.72 bits per heavy atom. The van der Waals surface area contributed by atoms with Crippen molar-refractivity contribution in [1.82, 2.24) is 14.8 Å². The minimum absolute atomic E-state index is 0.164. The highest BCUT2D eigenvalue weighted by Crippen LogP contribution is 2.31. The Balaban J connectivity index is 1.69. The normalized spacial score (nSPS) is 11.6. The third-order valence-electron chi connectivity index (χ3n) is 4.58. The number of para-hydroxylation sites is 2. The Labute approximate surface area is 196 Å². The van der Waals surface area contributed by atoms with Gasteiger partial charge in [0.05, 0.1) is 12.9 Å². The van der Waals surface area contributed by atoms with Gasteiger partial charge in [-0.3, -0.25) is 9.36 Å². The molecule has 7 nitrogen and oxygen atoms in total. The predicted octanol–water partition coefficient (Wildman–Crippen LogP) is 5.31. The van der Waals surface area contributed by atoms with E-state index in [2.05, 4.69) is 22.1 Å². The molecule has 1 heterocycles. The van der Waals surface area contributed by atoms with Crippen molar-refractivity contribution < 1.29 is 14.3 Å². The van der Waals surface area contributed by atoms with Gasteiger partial charge in [0.1, 0.15) is 0 Å². The topological polar surface area (TPSA) is 78.3 Å². The summed E-state index contributed by atoms with van der Waals surface area (Å²) in [6.07, 6.45) is 1.36. The predicted molar refractivity (Wildman–Crippen MR) is 128 cm³/mol. The van der Waals surface area contributed by atoms with Crippen LogP contribution < -0.4 is 14.8 Å². The maximum Gasteiger partial charge on any atom is 0.234 e. The second kappa shape index (κ2) is 11.1. The summed E-state index contributed by atoms with van der Waals surface area (Å²) in [4.78, 5) is 12.4. The number of nitrogens with one attached hydrogen (secondary N) is 1. The summed E-state index contributed by atoms with van der Waals surface area (Å²) in [5, 5.41) is 12.6. The van der Waals surface area contributed by atoms with Gasteiger partial charge in [0, 0.05) is 17.3 Å². The molecule has 0 radical (unpaired) electrons. The van der Waals surface area contributed by atoms with Crippen LogP contribution >= 0.6 is 23.4 Å². The summed E-state index contributed by atoms with van der Waals surface area (Å²) in [7, 11) is 1.59. The first-order chi connectivity index (χ1) is 15.4. The minimum atomic E-state index is -0.392. The van der Waals surface area contributed by atoms with Crippen molar-refractivity contribution in [3.63, 3.8) is 0 Å². The number of rotatable bonds is 10. The molecule has 0 bridgehead atoms. The van der Waals surface area contributed by atoms with E-state index in [1.165, 1.54) is 11.8 Å². The molecule has 0 saturated heterocycles. The van der Waals surface area contributed by atoms with Gasteiger partial charge >= 0.3 is 0 Å². The van der Waals surface area contributed by atoms with E-state index >= 15 is 0 Å². The Hall–Kier alpha value is -2.97. The van der Waals surface area contributed by atoms with Crippen LogP contribution in [0.2, 0.25) is 5.02 Å². The van der Waals surface area contributed by atoms with Gasteiger partial charge in [0.25, 0.3) is 0 Å². The molecule has 1 amide bonds. The molecule has 3 rings (SSSR count). The lowest BCUT2D eigenvalue weighted by Gasteiger charge is -2.17. The van der Waals surface area contributed by atoms with E-state index in [9.17, 15) is 4.79 Å². The van der Waals surface area contributed by atoms with E-state index in [1.807, 2.05) is 54.8 Å². The second-order valence-corrected chi connectivity index (χ2v) is 8.30. The van der Waals surface area contributed by atoms with E-state index < -0.39 is 6.10 Å². The number of ether oxygens (including phenoxy) is 2. The van der Waals surface area contributed by atoms with Gasteiger partial charge in [-0.15, -0.1) is 16.8 Å². The highest BCUT2D eigenvalue weighted by atomic mass is 35.5. The van der Waals surface area contributed by atoms with Crippen LogP contribution in [0, 0.1) is 6.92 Å². The molecule has 3 aromatic rings. The summed E-state index contributed by atoms with van der Waals surface area (Å²) in [6, 6.07) is 12.8. The first-order valence-corrected chi connectivity index (χ1v) is 11.3. The van der Waals surface area contributed by atoms with Gasteiger partial charge in [0.2, 0.25) is 5.91 Å². The van der Waals surface area contributed by atoms with Gasteiger partial charge in [0.15, 0.2) is 28.6 Å². The van der Waals surface area contributed by atoms with Crippen molar-refractivity contribution in [3.8, 4) is 11.5 Å². The van der Waals surface area contributed by atoms with Crippen LogP contribution in [-0.4, -0.2) is 33.5 Å². The van der Waals surface area contributed by atoms with Crippen molar-refractivity contribution in [2.75, 3.05) is 18.2 Å². The van der Waals surface area contributed by atoms with Crippen molar-refractivity contribution in [3.05, 3.63) is 71.5 Å². The third kappa shape index (κ3) is 5.83. The number of thioether (sulfide) groups is 1. The molecule has 2 aromatic carbocycles. The van der Waals surface area contributed by atoms with Crippen molar-refractivity contribution in [2.24, 2.45) is 0 Å². The zero-order chi connectivity index (χ0) is 23.1. The molecule has 0 aliphatic carbocycles. The number of benzene rings is 2. The number of allylic oxidation sites excluding steroid dienone is 1. The lowest BCUT2D eigenvalue weighted by Crippen LogP contribution is -2.15. The van der Waals surface area contributed by atoms with E-state index in [4.69, 9.17) is 21.1 Å². The minimum Gasteiger partial charge on any atom is -0.493 e. The molecule has 32 heavy (non-hydrogen) atoms. The molecule has 0 saturated carbocycles. The highest BCUT2D eigenvalue weighted by Gasteiger charge is 2.21. The Kier molecular flexibility index (Phi) is 8.19. The number of carbonyl (C=O) groups is 1. The molecular formula is C23H25ClN4O3S. The first kappa shape index (κ1) is 23.7. The number of anilines is 1. The zero-order valence-electron chi connectivity index (χ0n) is 18.2. The van der Waals surface area contributed by atoms with Crippen LogP contribution in [0.5, 0.6) is 11.5 Å². The molecule has 0 fully saturated rings. The molecule has 1 atom stereocenters. The molecule has 1 N–H and O–H groups in total. The monoisotopic (exact) mass is 472 g/mol. The van der Waals surface area contributed by atoms with E-state index in [1.54, 1.807) is 19.3 Å². The molecule has 9 heteroatoms. The molecule has 0 spiro atoms. The maximum absolute atomic E-state index is 12.4. The summed E-state index contributed by atoms with van der Waals surface area (Å²) in [5.74, 6) is 1.88. The molecule has 0 aliphatic heterocycles.